The van der Waals surface area contributed by atoms with Crippen LogP contribution in [0.1, 0.15) is 68.8 Å². The molecule has 1 aliphatic carbocycles. The van der Waals surface area contributed by atoms with Crippen molar-refractivity contribution in [2.75, 3.05) is 0 Å². The lowest BCUT2D eigenvalue weighted by molar-refractivity contribution is -0.149. The average molecular weight is 348 g/mol. The van der Waals surface area contributed by atoms with Crippen LogP contribution in [0.5, 0.6) is 0 Å². The van der Waals surface area contributed by atoms with Gasteiger partial charge in [-0.05, 0) is 44.1 Å². The van der Waals surface area contributed by atoms with Crippen molar-refractivity contribution < 1.29 is 9.53 Å². The molecule has 2 aromatic rings. The molecule has 24 heavy (non-hydrogen) atoms. The second-order valence-electron chi connectivity index (χ2n) is 6.72. The van der Waals surface area contributed by atoms with Gasteiger partial charge in [-0.15, -0.1) is 11.3 Å². The third-order valence-corrected chi connectivity index (χ3v) is 5.76. The summed E-state index contributed by atoms with van der Waals surface area (Å²) in [6.07, 6.45) is 4.71. The number of rotatable bonds is 5. The maximum atomic E-state index is 12.5. The normalized spacial score (nSPS) is 18.4. The maximum absolute atomic E-state index is 12.5. The number of carbonyl (C=O) groups is 1. The number of aromatic nitrogens is 2. The number of H-pyrrole nitrogens is 1. The molecule has 3 rings (SSSR count). The quantitative estimate of drug-likeness (QED) is 0.832. The standard InChI is InChI=1S/C18H24N2O3S/c1-4-5-6-14(21)23-11(3)16-19-17(22)15-12-8-7-10(2)9-13(12)24-18(15)20-16/h10-11H,4-9H2,1-3H3,(H,19,20,22)/t10-,11+/m0/s1. The van der Waals surface area contributed by atoms with Gasteiger partial charge in [0.25, 0.3) is 5.56 Å². The smallest absolute Gasteiger partial charge is 0.306 e. The van der Waals surface area contributed by atoms with Crippen LogP contribution in [-0.2, 0) is 22.4 Å². The van der Waals surface area contributed by atoms with Gasteiger partial charge in [0.15, 0.2) is 11.9 Å². The van der Waals surface area contributed by atoms with E-state index < -0.39 is 6.10 Å². The number of hydrogen-bond donors (Lipinski definition) is 1. The SMILES string of the molecule is CCCCC(=O)O[C@H](C)c1nc2sc3c(c2c(=O)[nH]1)CC[C@H](C)C3. The second kappa shape index (κ2) is 7.05. The lowest BCUT2D eigenvalue weighted by atomic mass is 9.89. The lowest BCUT2D eigenvalue weighted by Gasteiger charge is -2.17. The highest BCUT2D eigenvalue weighted by Crippen LogP contribution is 2.35. The van der Waals surface area contributed by atoms with Crippen LogP contribution in [0.2, 0.25) is 0 Å². The Morgan fingerprint density at radius 2 is 2.29 bits per heavy atom. The summed E-state index contributed by atoms with van der Waals surface area (Å²) in [6, 6.07) is 0. The molecule has 0 amide bonds. The Morgan fingerprint density at radius 1 is 1.50 bits per heavy atom. The van der Waals surface area contributed by atoms with Crippen molar-refractivity contribution in [2.45, 2.75) is 65.4 Å². The molecule has 0 fully saturated rings. The van der Waals surface area contributed by atoms with Crippen LogP contribution < -0.4 is 5.56 Å². The van der Waals surface area contributed by atoms with E-state index in [1.54, 1.807) is 18.3 Å². The van der Waals surface area contributed by atoms with Crippen molar-refractivity contribution in [2.24, 2.45) is 5.92 Å². The van der Waals surface area contributed by atoms with Crippen LogP contribution in [0.25, 0.3) is 10.2 Å². The molecule has 1 aliphatic rings. The van der Waals surface area contributed by atoms with Crippen molar-refractivity contribution in [1.82, 2.24) is 9.97 Å². The van der Waals surface area contributed by atoms with E-state index in [4.69, 9.17) is 4.74 Å². The van der Waals surface area contributed by atoms with Crippen molar-refractivity contribution in [1.29, 1.82) is 0 Å². The van der Waals surface area contributed by atoms with E-state index in [0.29, 0.717) is 18.2 Å². The number of thiophene rings is 1. The molecule has 0 aromatic carbocycles. The first kappa shape index (κ1) is 17.1. The summed E-state index contributed by atoms with van der Waals surface area (Å²) >= 11 is 1.61. The Balaban J connectivity index is 1.88. The third kappa shape index (κ3) is 3.38. The fourth-order valence-corrected chi connectivity index (χ4v) is 4.58. The number of hydrogen-bond acceptors (Lipinski definition) is 5. The van der Waals surface area contributed by atoms with Gasteiger partial charge in [0, 0.05) is 11.3 Å². The highest BCUT2D eigenvalue weighted by molar-refractivity contribution is 7.18. The topological polar surface area (TPSA) is 72.0 Å². The summed E-state index contributed by atoms with van der Waals surface area (Å²) in [4.78, 5) is 33.8. The van der Waals surface area contributed by atoms with Gasteiger partial charge in [-0.2, -0.15) is 0 Å². The van der Waals surface area contributed by atoms with E-state index in [-0.39, 0.29) is 11.5 Å². The van der Waals surface area contributed by atoms with Gasteiger partial charge in [0.2, 0.25) is 0 Å². The van der Waals surface area contributed by atoms with Crippen LogP contribution in [0, 0.1) is 5.92 Å². The molecule has 0 saturated heterocycles. The summed E-state index contributed by atoms with van der Waals surface area (Å²) in [7, 11) is 0. The number of aryl methyl sites for hydroxylation is 1. The Bertz CT molecular complexity index is 808. The zero-order chi connectivity index (χ0) is 17.3. The number of nitrogens with one attached hydrogen (secondary N) is 1. The Kier molecular flexibility index (Phi) is 5.04. The first-order valence-electron chi connectivity index (χ1n) is 8.73. The summed E-state index contributed by atoms with van der Waals surface area (Å²) in [5.74, 6) is 0.845. The average Bonchev–Trinajstić information content (AvgIpc) is 2.90. The number of nitrogens with zero attached hydrogens (tertiary/aromatic N) is 1. The minimum atomic E-state index is -0.537. The molecular formula is C18H24N2O3S. The van der Waals surface area contributed by atoms with Crippen LogP contribution in [-0.4, -0.2) is 15.9 Å². The fourth-order valence-electron chi connectivity index (χ4n) is 3.19. The molecule has 0 spiro atoms. The van der Waals surface area contributed by atoms with Crippen molar-refractivity contribution >= 4 is 27.5 Å². The molecule has 5 nitrogen and oxygen atoms in total. The first-order chi connectivity index (χ1) is 11.5. The molecule has 1 N–H and O–H groups in total. The summed E-state index contributed by atoms with van der Waals surface area (Å²) in [5, 5.41) is 0.732. The minimum Gasteiger partial charge on any atom is -0.454 e. The summed E-state index contributed by atoms with van der Waals surface area (Å²) in [5.41, 5.74) is 1.06. The minimum absolute atomic E-state index is 0.112. The summed E-state index contributed by atoms with van der Waals surface area (Å²) < 4.78 is 5.39. The van der Waals surface area contributed by atoms with Crippen molar-refractivity contribution in [3.63, 3.8) is 0 Å². The van der Waals surface area contributed by atoms with Crippen LogP contribution >= 0.6 is 11.3 Å². The second-order valence-corrected chi connectivity index (χ2v) is 7.80. The molecule has 6 heteroatoms. The van der Waals surface area contributed by atoms with Gasteiger partial charge < -0.3 is 9.72 Å². The molecule has 0 bridgehead atoms. The molecule has 0 saturated carbocycles. The lowest BCUT2D eigenvalue weighted by Crippen LogP contribution is -2.18. The van der Waals surface area contributed by atoms with E-state index in [9.17, 15) is 9.59 Å². The van der Waals surface area contributed by atoms with E-state index in [0.717, 1.165) is 42.3 Å². The van der Waals surface area contributed by atoms with Gasteiger partial charge in [-0.3, -0.25) is 9.59 Å². The molecule has 2 heterocycles. The van der Waals surface area contributed by atoms with Gasteiger partial charge in [0.05, 0.1) is 5.39 Å². The molecule has 130 valence electrons. The summed E-state index contributed by atoms with van der Waals surface area (Å²) in [6.45, 7) is 6.03. The van der Waals surface area contributed by atoms with Crippen molar-refractivity contribution in [3.8, 4) is 0 Å². The zero-order valence-electron chi connectivity index (χ0n) is 14.5. The number of esters is 1. The number of ether oxygens (including phenoxy) is 1. The van der Waals surface area contributed by atoms with E-state index in [2.05, 4.69) is 16.9 Å². The Morgan fingerprint density at radius 3 is 3.04 bits per heavy atom. The molecular weight excluding hydrogens is 324 g/mol. The highest BCUT2D eigenvalue weighted by Gasteiger charge is 2.24. The molecule has 2 atom stereocenters. The Hall–Kier alpha value is -1.69. The zero-order valence-corrected chi connectivity index (χ0v) is 15.3. The molecule has 2 aromatic heterocycles. The first-order valence-corrected chi connectivity index (χ1v) is 9.55. The highest BCUT2D eigenvalue weighted by atomic mass is 32.1. The van der Waals surface area contributed by atoms with E-state index >= 15 is 0 Å². The third-order valence-electron chi connectivity index (χ3n) is 4.61. The number of aromatic amines is 1. The molecule has 0 radical (unpaired) electrons. The molecule has 0 aliphatic heterocycles. The fraction of sp³-hybridized carbons (Fsp3) is 0.611. The van der Waals surface area contributed by atoms with Crippen LogP contribution in [0.4, 0.5) is 0 Å². The van der Waals surface area contributed by atoms with Gasteiger partial charge >= 0.3 is 5.97 Å². The van der Waals surface area contributed by atoms with Gasteiger partial charge in [-0.25, -0.2) is 4.98 Å². The van der Waals surface area contributed by atoms with Gasteiger partial charge in [0.1, 0.15) is 4.83 Å². The predicted molar refractivity (Wildman–Crippen MR) is 95.5 cm³/mol. The molecule has 0 unspecified atom stereocenters. The predicted octanol–water partition coefficient (Wildman–Crippen LogP) is 3.90. The van der Waals surface area contributed by atoms with E-state index in [1.807, 2.05) is 6.92 Å². The largest absolute Gasteiger partial charge is 0.454 e. The van der Waals surface area contributed by atoms with Crippen molar-refractivity contribution in [3.05, 3.63) is 26.6 Å². The number of unbranched alkanes of at least 4 members (excludes halogenated alkanes) is 1. The monoisotopic (exact) mass is 348 g/mol. The van der Waals surface area contributed by atoms with Crippen LogP contribution in [0.3, 0.4) is 0 Å². The van der Waals surface area contributed by atoms with Gasteiger partial charge in [-0.1, -0.05) is 20.3 Å². The van der Waals surface area contributed by atoms with Crippen LogP contribution in [0.15, 0.2) is 4.79 Å². The maximum Gasteiger partial charge on any atom is 0.306 e. The number of fused-ring (bicyclic) bond motifs is 3. The van der Waals surface area contributed by atoms with E-state index in [1.165, 1.54) is 10.4 Å². The number of carbonyl (C=O) groups excluding carboxylic acids is 1. The Labute approximate surface area is 145 Å².